The van der Waals surface area contributed by atoms with Crippen molar-refractivity contribution in [3.05, 3.63) is 150 Å². The lowest BCUT2D eigenvalue weighted by Crippen LogP contribution is -2.64. The second kappa shape index (κ2) is 10.1. The zero-order valence-corrected chi connectivity index (χ0v) is 28.8. The van der Waals surface area contributed by atoms with E-state index in [0.717, 1.165) is 17.9 Å². The minimum absolute atomic E-state index is 0.0926. The lowest BCUT2D eigenvalue weighted by Gasteiger charge is -2.45. The van der Waals surface area contributed by atoms with Gasteiger partial charge in [-0.2, -0.15) is 0 Å². The fraction of sp³-hybridized carbons (Fsp3) is 0.222. The predicted octanol–water partition coefficient (Wildman–Crippen LogP) is 9.31. The number of fused-ring (bicyclic) bond motifs is 5. The summed E-state index contributed by atoms with van der Waals surface area (Å²) in [5.41, 5.74) is 17.3. The molecule has 0 spiro atoms. The van der Waals surface area contributed by atoms with Gasteiger partial charge < -0.3 is 0 Å². The van der Waals surface area contributed by atoms with Crippen molar-refractivity contribution in [3.8, 4) is 22.3 Å². The highest BCUT2D eigenvalue weighted by molar-refractivity contribution is 6.99. The summed E-state index contributed by atoms with van der Waals surface area (Å²) in [6.45, 7) is 14.7. The summed E-state index contributed by atoms with van der Waals surface area (Å²) in [5.74, 6) is 1.05. The maximum absolute atomic E-state index is 5.22. The van der Waals surface area contributed by atoms with Crippen molar-refractivity contribution in [2.75, 3.05) is 4.90 Å². The lowest BCUT2D eigenvalue weighted by molar-refractivity contribution is 0.403. The Hall–Kier alpha value is -4.89. The van der Waals surface area contributed by atoms with Crippen LogP contribution in [0.1, 0.15) is 70.2 Å². The molecule has 48 heavy (non-hydrogen) atoms. The van der Waals surface area contributed by atoms with Crippen LogP contribution >= 0.6 is 0 Å². The zero-order chi connectivity index (χ0) is 33.0. The smallest absolute Gasteiger partial charge is 0.249 e. The number of hydrogen-bond acceptors (Lipinski definition) is 2. The minimum Gasteiger partial charge on any atom is -0.296 e. The van der Waals surface area contributed by atoms with Gasteiger partial charge >= 0.3 is 0 Å². The van der Waals surface area contributed by atoms with E-state index in [-0.39, 0.29) is 23.0 Å². The molecule has 0 N–H and O–H groups in total. The van der Waals surface area contributed by atoms with Crippen molar-refractivity contribution >= 4 is 40.3 Å². The molecule has 3 heteroatoms. The molecule has 0 bridgehead atoms. The molecule has 9 rings (SSSR count). The maximum atomic E-state index is 5.22. The average Bonchev–Trinajstić information content (AvgIpc) is 3.28. The molecule has 0 saturated carbocycles. The Morgan fingerprint density at radius 3 is 1.79 bits per heavy atom. The van der Waals surface area contributed by atoms with Crippen molar-refractivity contribution in [2.24, 2.45) is 0 Å². The number of hydrogen-bond donors (Lipinski definition) is 0. The highest BCUT2D eigenvalue weighted by Crippen LogP contribution is 2.51. The van der Waals surface area contributed by atoms with Crippen molar-refractivity contribution in [1.29, 1.82) is 0 Å². The van der Waals surface area contributed by atoms with Crippen LogP contribution in [0.4, 0.5) is 17.2 Å². The molecule has 1 aromatic heterocycles. The highest BCUT2D eigenvalue weighted by Gasteiger charge is 2.50. The number of anilines is 3. The first-order chi connectivity index (χ1) is 23.0. The highest BCUT2D eigenvalue weighted by atomic mass is 15.2. The summed E-state index contributed by atoms with van der Waals surface area (Å²) < 4.78 is 0. The van der Waals surface area contributed by atoms with Crippen LogP contribution in [0, 0.1) is 0 Å². The van der Waals surface area contributed by atoms with E-state index in [1.54, 1.807) is 0 Å². The van der Waals surface area contributed by atoms with Crippen LogP contribution in [0.3, 0.4) is 0 Å². The Bertz CT molecular complexity index is 2230. The van der Waals surface area contributed by atoms with Gasteiger partial charge in [0.05, 0.1) is 0 Å². The SMILES string of the molecule is CC1(C)CC(C)(C)c2cc3c(cc21)B1c2cc(-c4ccccc4)ccc2N(c2ccc(-c4ccccc4)cc2)c2nccc(c21)C3(C)C. The third kappa shape index (κ3) is 4.16. The largest absolute Gasteiger partial charge is 0.296 e. The van der Waals surface area contributed by atoms with Crippen molar-refractivity contribution < 1.29 is 0 Å². The summed E-state index contributed by atoms with van der Waals surface area (Å²) in [5, 5.41) is 0. The molecule has 234 valence electrons. The van der Waals surface area contributed by atoms with Crippen LogP contribution in [0.15, 0.2) is 128 Å². The number of rotatable bonds is 3. The Morgan fingerprint density at radius 2 is 1.12 bits per heavy atom. The standard InChI is InChI=1S/C45H41BN2/c1-43(2)28-44(3,4)36-27-38-37(26-35(36)43)45(5,6)34-23-24-47-42-41(34)46(38)39-25-32(30-15-11-8-12-16-30)19-22-40(39)48(42)33-20-17-31(18-21-33)29-13-9-7-10-14-29/h7-27H,28H2,1-6H3. The third-order valence-corrected chi connectivity index (χ3v) is 11.6. The normalized spacial score (nSPS) is 17.3. The van der Waals surface area contributed by atoms with E-state index in [1.165, 1.54) is 66.6 Å². The number of pyridine rings is 1. The maximum Gasteiger partial charge on any atom is 0.249 e. The molecular weight excluding hydrogens is 579 g/mol. The van der Waals surface area contributed by atoms with E-state index in [1.807, 2.05) is 6.20 Å². The van der Waals surface area contributed by atoms with E-state index >= 15 is 0 Å². The van der Waals surface area contributed by atoms with Gasteiger partial charge in [0.15, 0.2) is 0 Å². The van der Waals surface area contributed by atoms with Gasteiger partial charge in [-0.25, -0.2) is 4.98 Å². The van der Waals surface area contributed by atoms with Gasteiger partial charge in [0, 0.05) is 23.0 Å². The van der Waals surface area contributed by atoms with Gasteiger partial charge in [0.25, 0.3) is 0 Å². The lowest BCUT2D eigenvalue weighted by atomic mass is 9.30. The van der Waals surface area contributed by atoms with Gasteiger partial charge in [0.1, 0.15) is 5.82 Å². The van der Waals surface area contributed by atoms with Gasteiger partial charge in [0.2, 0.25) is 6.71 Å². The monoisotopic (exact) mass is 620 g/mol. The van der Waals surface area contributed by atoms with E-state index in [9.17, 15) is 0 Å². The van der Waals surface area contributed by atoms with Crippen molar-refractivity contribution in [2.45, 2.75) is 64.2 Å². The van der Waals surface area contributed by atoms with Crippen LogP contribution < -0.4 is 21.3 Å². The molecule has 0 amide bonds. The van der Waals surface area contributed by atoms with Gasteiger partial charge in [-0.3, -0.25) is 4.90 Å². The first-order valence-electron chi connectivity index (χ1n) is 17.4. The molecular formula is C45H41BN2. The van der Waals surface area contributed by atoms with Crippen LogP contribution in [-0.4, -0.2) is 11.7 Å². The predicted molar refractivity (Wildman–Crippen MR) is 204 cm³/mol. The van der Waals surface area contributed by atoms with Gasteiger partial charge in [-0.1, -0.05) is 144 Å². The molecule has 6 aromatic rings. The number of nitrogens with zero attached hydrogens (tertiary/aromatic N) is 2. The minimum atomic E-state index is -0.173. The first-order valence-corrected chi connectivity index (χ1v) is 17.4. The molecule has 0 fully saturated rings. The van der Waals surface area contributed by atoms with Crippen molar-refractivity contribution in [3.63, 3.8) is 0 Å². The quantitative estimate of drug-likeness (QED) is 0.183. The second-order valence-electron chi connectivity index (χ2n) is 16.0. The van der Waals surface area contributed by atoms with Crippen LogP contribution in [0.25, 0.3) is 22.3 Å². The fourth-order valence-corrected chi connectivity index (χ4v) is 9.51. The molecule has 1 aliphatic carbocycles. The summed E-state index contributed by atoms with van der Waals surface area (Å²) in [6.07, 6.45) is 3.19. The Morgan fingerprint density at radius 1 is 0.542 bits per heavy atom. The van der Waals surface area contributed by atoms with Crippen LogP contribution in [-0.2, 0) is 16.2 Å². The fourth-order valence-electron chi connectivity index (χ4n) is 9.51. The molecule has 3 heterocycles. The molecule has 2 nitrogen and oxygen atoms in total. The van der Waals surface area contributed by atoms with Crippen molar-refractivity contribution in [1.82, 2.24) is 4.98 Å². The van der Waals surface area contributed by atoms with Crippen LogP contribution in [0.5, 0.6) is 0 Å². The van der Waals surface area contributed by atoms with E-state index in [4.69, 9.17) is 4.98 Å². The summed E-state index contributed by atoms with van der Waals surface area (Å²) in [6, 6.07) is 45.0. The number of benzene rings is 5. The molecule has 5 aromatic carbocycles. The molecule has 0 unspecified atom stereocenters. The molecule has 0 atom stereocenters. The Kier molecular flexibility index (Phi) is 6.14. The third-order valence-electron chi connectivity index (χ3n) is 11.6. The Labute approximate surface area is 285 Å². The summed E-state index contributed by atoms with van der Waals surface area (Å²) in [4.78, 5) is 7.63. The topological polar surface area (TPSA) is 16.1 Å². The molecule has 0 radical (unpaired) electrons. The van der Waals surface area contributed by atoms with Crippen LogP contribution in [0.2, 0.25) is 0 Å². The summed E-state index contributed by atoms with van der Waals surface area (Å²) >= 11 is 0. The Balaban J connectivity index is 1.32. The molecule has 0 saturated heterocycles. The van der Waals surface area contributed by atoms with Gasteiger partial charge in [-0.05, 0) is 96.9 Å². The van der Waals surface area contributed by atoms with E-state index in [2.05, 4.69) is 168 Å². The average molecular weight is 621 g/mol. The zero-order valence-electron chi connectivity index (χ0n) is 28.8. The van der Waals surface area contributed by atoms with E-state index in [0.29, 0.717) is 0 Å². The molecule has 3 aliphatic rings. The first kappa shape index (κ1) is 29.3. The van der Waals surface area contributed by atoms with Gasteiger partial charge in [-0.15, -0.1) is 0 Å². The molecule has 2 aliphatic heterocycles. The van der Waals surface area contributed by atoms with E-state index < -0.39 is 0 Å². The number of aromatic nitrogens is 1. The second-order valence-corrected chi connectivity index (χ2v) is 16.0. The summed E-state index contributed by atoms with van der Waals surface area (Å²) in [7, 11) is 0.